The van der Waals surface area contributed by atoms with Crippen molar-refractivity contribution < 1.29 is 28.3 Å². The summed E-state index contributed by atoms with van der Waals surface area (Å²) in [5, 5.41) is 28.6. The number of hydrogen-bond donors (Lipinski definition) is 2. The van der Waals surface area contributed by atoms with Gasteiger partial charge in [0.15, 0.2) is 0 Å². The summed E-state index contributed by atoms with van der Waals surface area (Å²) in [6.45, 7) is -2.83. The summed E-state index contributed by atoms with van der Waals surface area (Å²) < 4.78 is 37.4. The molecule has 0 bridgehead atoms. The lowest BCUT2D eigenvalue weighted by Crippen LogP contribution is -2.36. The number of hydrogen-bond acceptors (Lipinski definition) is 5. The first-order valence-electron chi connectivity index (χ1n) is 5.59. The number of aliphatic hydroxyl groups excluding tert-OH is 2. The number of anilines is 1. The van der Waals surface area contributed by atoms with Gasteiger partial charge in [0.05, 0.1) is 18.1 Å². The first-order valence-corrected chi connectivity index (χ1v) is 5.59. The van der Waals surface area contributed by atoms with Gasteiger partial charge >= 0.3 is 6.18 Å². The molecule has 0 aliphatic carbocycles. The first-order chi connectivity index (χ1) is 9.28. The molecule has 0 unspecified atom stereocenters. The van der Waals surface area contributed by atoms with Crippen LogP contribution in [0, 0.1) is 10.1 Å². The van der Waals surface area contributed by atoms with E-state index in [4.69, 9.17) is 10.2 Å². The highest BCUT2D eigenvalue weighted by Gasteiger charge is 2.33. The highest BCUT2D eigenvalue weighted by molar-refractivity contribution is 5.64. The predicted octanol–water partition coefficient (Wildman–Crippen LogP) is 1.45. The van der Waals surface area contributed by atoms with E-state index in [9.17, 15) is 23.3 Å². The van der Waals surface area contributed by atoms with Crippen LogP contribution in [0.5, 0.6) is 0 Å². The van der Waals surface area contributed by atoms with Crippen LogP contribution in [0.15, 0.2) is 18.2 Å². The average molecular weight is 294 g/mol. The van der Waals surface area contributed by atoms with Crippen LogP contribution < -0.4 is 4.90 Å². The SMILES string of the molecule is O=[N+]([O-])c1cc(CO)ccc1N(CCO)CC(F)(F)F. The van der Waals surface area contributed by atoms with Gasteiger partial charge in [0, 0.05) is 12.6 Å². The molecule has 0 saturated heterocycles. The molecule has 0 spiro atoms. The van der Waals surface area contributed by atoms with Crippen LogP contribution in [0.25, 0.3) is 0 Å². The van der Waals surface area contributed by atoms with E-state index in [1.165, 1.54) is 6.07 Å². The Morgan fingerprint density at radius 3 is 2.40 bits per heavy atom. The predicted molar refractivity (Wildman–Crippen MR) is 64.4 cm³/mol. The Labute approximate surface area is 112 Å². The number of aliphatic hydroxyl groups is 2. The molecule has 0 saturated carbocycles. The van der Waals surface area contributed by atoms with Crippen molar-refractivity contribution in [2.24, 2.45) is 0 Å². The van der Waals surface area contributed by atoms with E-state index in [1.54, 1.807) is 0 Å². The number of nitrogens with zero attached hydrogens (tertiary/aromatic N) is 2. The third kappa shape index (κ3) is 4.35. The maximum absolute atomic E-state index is 12.5. The first kappa shape index (κ1) is 16.2. The molecule has 1 aromatic rings. The van der Waals surface area contributed by atoms with Crippen molar-refractivity contribution in [3.63, 3.8) is 0 Å². The topological polar surface area (TPSA) is 86.8 Å². The quantitative estimate of drug-likeness (QED) is 0.612. The minimum Gasteiger partial charge on any atom is -0.395 e. The van der Waals surface area contributed by atoms with E-state index in [1.807, 2.05) is 0 Å². The molecule has 1 rings (SSSR count). The van der Waals surface area contributed by atoms with Gasteiger partial charge in [-0.1, -0.05) is 6.07 Å². The van der Waals surface area contributed by atoms with Crippen LogP contribution in [0.2, 0.25) is 0 Å². The fourth-order valence-corrected chi connectivity index (χ4v) is 1.70. The Kier molecular flexibility index (Phi) is 5.28. The summed E-state index contributed by atoms with van der Waals surface area (Å²) in [5.41, 5.74) is -0.579. The molecule has 112 valence electrons. The second kappa shape index (κ2) is 6.53. The van der Waals surface area contributed by atoms with Crippen LogP contribution >= 0.6 is 0 Å². The lowest BCUT2D eigenvalue weighted by atomic mass is 10.1. The zero-order valence-corrected chi connectivity index (χ0v) is 10.3. The van der Waals surface area contributed by atoms with Gasteiger partial charge in [-0.2, -0.15) is 13.2 Å². The monoisotopic (exact) mass is 294 g/mol. The van der Waals surface area contributed by atoms with E-state index < -0.39 is 43.1 Å². The molecule has 0 amide bonds. The molecule has 0 radical (unpaired) electrons. The van der Waals surface area contributed by atoms with Gasteiger partial charge in [0.2, 0.25) is 0 Å². The van der Waals surface area contributed by atoms with Gasteiger partial charge in [0.1, 0.15) is 12.2 Å². The Bertz CT molecular complexity index is 479. The largest absolute Gasteiger partial charge is 0.405 e. The summed E-state index contributed by atoms with van der Waals surface area (Å²) >= 11 is 0. The lowest BCUT2D eigenvalue weighted by Gasteiger charge is -2.25. The van der Waals surface area contributed by atoms with Gasteiger partial charge in [-0.25, -0.2) is 0 Å². The summed E-state index contributed by atoms with van der Waals surface area (Å²) in [7, 11) is 0. The molecular formula is C11H13F3N2O4. The number of halogens is 3. The van der Waals surface area contributed by atoms with Crippen molar-refractivity contribution in [3.05, 3.63) is 33.9 Å². The van der Waals surface area contributed by atoms with Crippen LogP contribution in [-0.2, 0) is 6.61 Å². The van der Waals surface area contributed by atoms with E-state index in [2.05, 4.69) is 0 Å². The zero-order chi connectivity index (χ0) is 15.3. The summed E-state index contributed by atoms with van der Waals surface area (Å²) in [5.74, 6) is 0. The maximum Gasteiger partial charge on any atom is 0.405 e. The summed E-state index contributed by atoms with van der Waals surface area (Å²) in [4.78, 5) is 10.8. The molecule has 0 aliphatic heterocycles. The number of benzene rings is 1. The second-order valence-electron chi connectivity index (χ2n) is 4.00. The normalized spacial score (nSPS) is 11.4. The van der Waals surface area contributed by atoms with Crippen molar-refractivity contribution in [2.75, 3.05) is 24.6 Å². The van der Waals surface area contributed by atoms with Crippen molar-refractivity contribution in [1.29, 1.82) is 0 Å². The number of alkyl halides is 3. The van der Waals surface area contributed by atoms with Crippen molar-refractivity contribution in [1.82, 2.24) is 0 Å². The fraction of sp³-hybridized carbons (Fsp3) is 0.455. The van der Waals surface area contributed by atoms with Gasteiger partial charge < -0.3 is 15.1 Å². The molecule has 2 N–H and O–H groups in total. The summed E-state index contributed by atoms with van der Waals surface area (Å²) in [6.07, 6.45) is -4.56. The van der Waals surface area contributed by atoms with E-state index in [-0.39, 0.29) is 11.3 Å². The Morgan fingerprint density at radius 1 is 1.30 bits per heavy atom. The van der Waals surface area contributed by atoms with Gasteiger partial charge in [-0.05, 0) is 11.6 Å². The zero-order valence-electron chi connectivity index (χ0n) is 10.3. The molecule has 6 nitrogen and oxygen atoms in total. The molecule has 9 heteroatoms. The lowest BCUT2D eigenvalue weighted by molar-refractivity contribution is -0.384. The van der Waals surface area contributed by atoms with Gasteiger partial charge in [-0.15, -0.1) is 0 Å². The van der Waals surface area contributed by atoms with Crippen molar-refractivity contribution in [3.8, 4) is 0 Å². The molecule has 0 aliphatic rings. The molecule has 0 heterocycles. The molecule has 0 fully saturated rings. The van der Waals surface area contributed by atoms with Gasteiger partial charge in [0.25, 0.3) is 5.69 Å². The van der Waals surface area contributed by atoms with Crippen LogP contribution in [0.1, 0.15) is 5.56 Å². The minimum atomic E-state index is -4.56. The smallest absolute Gasteiger partial charge is 0.395 e. The van der Waals surface area contributed by atoms with E-state index >= 15 is 0 Å². The van der Waals surface area contributed by atoms with Crippen LogP contribution in [0.3, 0.4) is 0 Å². The molecule has 0 atom stereocenters. The second-order valence-corrected chi connectivity index (χ2v) is 4.00. The fourth-order valence-electron chi connectivity index (χ4n) is 1.70. The number of nitro groups is 1. The van der Waals surface area contributed by atoms with Crippen molar-refractivity contribution in [2.45, 2.75) is 12.8 Å². The molecular weight excluding hydrogens is 281 g/mol. The Hall–Kier alpha value is -1.87. The summed E-state index contributed by atoms with van der Waals surface area (Å²) in [6, 6.07) is 3.43. The van der Waals surface area contributed by atoms with E-state index in [0.717, 1.165) is 12.1 Å². The maximum atomic E-state index is 12.5. The Balaban J connectivity index is 3.21. The minimum absolute atomic E-state index is 0.219. The van der Waals surface area contributed by atoms with Crippen LogP contribution in [-0.4, -0.2) is 41.0 Å². The standard InChI is InChI=1S/C11H13F3N2O4/c12-11(13,14)7-15(3-4-17)9-2-1-8(6-18)5-10(9)16(19)20/h1-2,5,17-18H,3-4,6-7H2. The number of nitro benzene ring substituents is 1. The highest BCUT2D eigenvalue weighted by atomic mass is 19.4. The molecule has 1 aromatic carbocycles. The van der Waals surface area contributed by atoms with Gasteiger partial charge in [-0.3, -0.25) is 10.1 Å². The third-order valence-electron chi connectivity index (χ3n) is 2.50. The molecule has 20 heavy (non-hydrogen) atoms. The Morgan fingerprint density at radius 2 is 1.95 bits per heavy atom. The highest BCUT2D eigenvalue weighted by Crippen LogP contribution is 2.31. The molecule has 0 aromatic heterocycles. The third-order valence-corrected chi connectivity index (χ3v) is 2.50. The average Bonchev–Trinajstić information content (AvgIpc) is 2.36. The number of rotatable bonds is 6. The van der Waals surface area contributed by atoms with Crippen LogP contribution in [0.4, 0.5) is 24.5 Å². The van der Waals surface area contributed by atoms with E-state index in [0.29, 0.717) is 4.90 Å². The van der Waals surface area contributed by atoms with Crippen molar-refractivity contribution >= 4 is 11.4 Å².